The monoisotopic (exact) mass is 386 g/mol. The molecule has 0 spiro atoms. The van der Waals surface area contributed by atoms with E-state index in [-0.39, 0.29) is 17.2 Å². The molecule has 1 aromatic rings. The van der Waals surface area contributed by atoms with Crippen LogP contribution >= 0.6 is 0 Å². The number of morpholine rings is 1. The molecule has 0 radical (unpaired) electrons. The minimum atomic E-state index is -3.65. The Bertz CT molecular complexity index is 701. The molecule has 2 rings (SSSR count). The summed E-state index contributed by atoms with van der Waals surface area (Å²) < 4.78 is 42.7. The zero-order valence-corrected chi connectivity index (χ0v) is 16.0. The predicted molar refractivity (Wildman–Crippen MR) is 96.9 cm³/mol. The van der Waals surface area contributed by atoms with E-state index in [1.54, 1.807) is 13.2 Å². The number of rotatable bonds is 9. The first-order chi connectivity index (χ1) is 12.5. The summed E-state index contributed by atoms with van der Waals surface area (Å²) in [4.78, 5) is 12.2. The molecule has 1 amide bonds. The summed E-state index contributed by atoms with van der Waals surface area (Å²) in [5.74, 6) is 0.220. The number of nitrogens with zero attached hydrogens (tertiary/aromatic N) is 1. The Kier molecular flexibility index (Phi) is 7.83. The molecule has 0 aliphatic carbocycles. The van der Waals surface area contributed by atoms with Crippen molar-refractivity contribution in [2.75, 3.05) is 51.9 Å². The lowest BCUT2D eigenvalue weighted by Gasteiger charge is -2.26. The van der Waals surface area contributed by atoms with Crippen molar-refractivity contribution < 1.29 is 27.4 Å². The van der Waals surface area contributed by atoms with Gasteiger partial charge in [0.15, 0.2) is 0 Å². The predicted octanol–water partition coefficient (Wildman–Crippen LogP) is 1.47. The summed E-state index contributed by atoms with van der Waals surface area (Å²) in [6, 6.07) is 4.52. The fraction of sp³-hybridized carbons (Fsp3) is 0.588. The van der Waals surface area contributed by atoms with Gasteiger partial charge in [-0.1, -0.05) is 0 Å². The number of nitrogens with one attached hydrogen (secondary N) is 1. The topological polar surface area (TPSA) is 94.2 Å². The Morgan fingerprint density at radius 1 is 1.31 bits per heavy atom. The molecule has 26 heavy (non-hydrogen) atoms. The van der Waals surface area contributed by atoms with Gasteiger partial charge in [0.05, 0.1) is 30.4 Å². The third-order valence-electron chi connectivity index (χ3n) is 3.89. The molecule has 0 saturated carbocycles. The number of ether oxygens (including phenoxy) is 3. The molecule has 1 aliphatic heterocycles. The van der Waals surface area contributed by atoms with Crippen LogP contribution < -0.4 is 10.1 Å². The maximum Gasteiger partial charge on any atom is 0.243 e. The van der Waals surface area contributed by atoms with Gasteiger partial charge in [-0.15, -0.1) is 0 Å². The Balaban J connectivity index is 2.22. The molecule has 0 aromatic heterocycles. The van der Waals surface area contributed by atoms with Crippen LogP contribution in [0.3, 0.4) is 0 Å². The highest BCUT2D eigenvalue weighted by Gasteiger charge is 2.27. The average Bonchev–Trinajstić information content (AvgIpc) is 2.64. The van der Waals surface area contributed by atoms with Crippen LogP contribution in [0.15, 0.2) is 23.1 Å². The van der Waals surface area contributed by atoms with Crippen molar-refractivity contribution in [1.82, 2.24) is 4.31 Å². The largest absolute Gasteiger partial charge is 0.492 e. The van der Waals surface area contributed by atoms with Crippen LogP contribution in [0.5, 0.6) is 5.75 Å². The van der Waals surface area contributed by atoms with Crippen LogP contribution in [-0.2, 0) is 24.3 Å². The van der Waals surface area contributed by atoms with Gasteiger partial charge < -0.3 is 19.5 Å². The highest BCUT2D eigenvalue weighted by molar-refractivity contribution is 7.89. The van der Waals surface area contributed by atoms with Crippen LogP contribution in [0.2, 0.25) is 0 Å². The molecule has 1 aliphatic rings. The highest BCUT2D eigenvalue weighted by atomic mass is 32.2. The second-order valence-electron chi connectivity index (χ2n) is 5.75. The minimum Gasteiger partial charge on any atom is -0.492 e. The smallest absolute Gasteiger partial charge is 0.243 e. The van der Waals surface area contributed by atoms with Crippen molar-refractivity contribution in [3.05, 3.63) is 18.2 Å². The van der Waals surface area contributed by atoms with Gasteiger partial charge in [0.1, 0.15) is 5.75 Å². The van der Waals surface area contributed by atoms with E-state index in [4.69, 9.17) is 14.2 Å². The first-order valence-electron chi connectivity index (χ1n) is 8.62. The molecular formula is C17H26N2O6S. The second kappa shape index (κ2) is 9.86. The Morgan fingerprint density at radius 3 is 2.69 bits per heavy atom. The van der Waals surface area contributed by atoms with Crippen molar-refractivity contribution in [2.45, 2.75) is 24.7 Å². The Labute approximate surface area is 154 Å². The molecule has 0 bridgehead atoms. The second-order valence-corrected chi connectivity index (χ2v) is 7.69. The number of methoxy groups -OCH3 is 1. The molecule has 9 heteroatoms. The van der Waals surface area contributed by atoms with E-state index >= 15 is 0 Å². The van der Waals surface area contributed by atoms with E-state index < -0.39 is 10.0 Å². The number of amides is 1. The number of carbonyl (C=O) groups is 1. The molecule has 146 valence electrons. The van der Waals surface area contributed by atoms with E-state index in [1.165, 1.54) is 16.4 Å². The summed E-state index contributed by atoms with van der Waals surface area (Å²) in [7, 11) is -2.07. The number of hydrogen-bond acceptors (Lipinski definition) is 6. The number of anilines is 1. The number of benzene rings is 1. The van der Waals surface area contributed by atoms with Crippen LogP contribution in [0.1, 0.15) is 19.8 Å². The van der Waals surface area contributed by atoms with Crippen LogP contribution in [-0.4, -0.2) is 65.3 Å². The SMILES string of the molecule is CCOc1ccc(S(=O)(=O)N2CCOCC2)cc1NC(=O)CCCOC. The maximum absolute atomic E-state index is 12.8. The van der Waals surface area contributed by atoms with E-state index in [0.717, 1.165) is 0 Å². The van der Waals surface area contributed by atoms with Gasteiger partial charge in [0.2, 0.25) is 15.9 Å². The van der Waals surface area contributed by atoms with Gasteiger partial charge in [-0.05, 0) is 31.5 Å². The zero-order chi connectivity index (χ0) is 19.0. The summed E-state index contributed by atoms with van der Waals surface area (Å²) >= 11 is 0. The van der Waals surface area contributed by atoms with Gasteiger partial charge in [0, 0.05) is 33.2 Å². The van der Waals surface area contributed by atoms with Crippen molar-refractivity contribution in [3.8, 4) is 5.75 Å². The molecular weight excluding hydrogens is 360 g/mol. The number of sulfonamides is 1. The average molecular weight is 386 g/mol. The number of carbonyl (C=O) groups excluding carboxylic acids is 1. The molecule has 1 fully saturated rings. The van der Waals surface area contributed by atoms with E-state index in [1.807, 2.05) is 6.92 Å². The lowest BCUT2D eigenvalue weighted by molar-refractivity contribution is -0.116. The normalized spacial score (nSPS) is 15.6. The van der Waals surface area contributed by atoms with E-state index in [9.17, 15) is 13.2 Å². The fourth-order valence-electron chi connectivity index (χ4n) is 2.57. The summed E-state index contributed by atoms with van der Waals surface area (Å²) in [5.41, 5.74) is 0.351. The first-order valence-corrected chi connectivity index (χ1v) is 10.1. The summed E-state index contributed by atoms with van der Waals surface area (Å²) in [6.07, 6.45) is 0.859. The van der Waals surface area contributed by atoms with Crippen molar-refractivity contribution in [1.29, 1.82) is 0 Å². The van der Waals surface area contributed by atoms with Gasteiger partial charge in [-0.3, -0.25) is 4.79 Å². The van der Waals surface area contributed by atoms with Gasteiger partial charge in [-0.25, -0.2) is 8.42 Å². The molecule has 0 atom stereocenters. The van der Waals surface area contributed by atoms with E-state index in [2.05, 4.69) is 5.32 Å². The lowest BCUT2D eigenvalue weighted by Crippen LogP contribution is -2.40. The van der Waals surface area contributed by atoms with Crippen LogP contribution in [0, 0.1) is 0 Å². The molecule has 0 unspecified atom stereocenters. The van der Waals surface area contributed by atoms with Gasteiger partial charge >= 0.3 is 0 Å². The van der Waals surface area contributed by atoms with Gasteiger partial charge in [-0.2, -0.15) is 4.31 Å². The van der Waals surface area contributed by atoms with Crippen molar-refractivity contribution >= 4 is 21.6 Å². The Hall–Kier alpha value is -1.68. The minimum absolute atomic E-state index is 0.120. The molecule has 8 nitrogen and oxygen atoms in total. The third-order valence-corrected chi connectivity index (χ3v) is 5.78. The maximum atomic E-state index is 12.8. The standard InChI is InChI=1S/C17H26N2O6S/c1-3-25-16-7-6-14(26(21,22)19-8-11-24-12-9-19)13-15(16)18-17(20)5-4-10-23-2/h6-7,13H,3-5,8-12H2,1-2H3,(H,18,20). The summed E-state index contributed by atoms with van der Waals surface area (Å²) in [6.45, 7) is 4.09. The fourth-order valence-corrected chi connectivity index (χ4v) is 4.01. The Morgan fingerprint density at radius 2 is 2.04 bits per heavy atom. The molecule has 1 N–H and O–H groups in total. The summed E-state index contributed by atoms with van der Waals surface area (Å²) in [5, 5.41) is 2.74. The number of hydrogen-bond donors (Lipinski definition) is 1. The van der Waals surface area contributed by atoms with E-state index in [0.29, 0.717) is 57.4 Å². The van der Waals surface area contributed by atoms with Crippen LogP contribution in [0.25, 0.3) is 0 Å². The van der Waals surface area contributed by atoms with Crippen molar-refractivity contribution in [2.24, 2.45) is 0 Å². The van der Waals surface area contributed by atoms with Crippen molar-refractivity contribution in [3.63, 3.8) is 0 Å². The molecule has 1 heterocycles. The quantitative estimate of drug-likeness (QED) is 0.646. The lowest BCUT2D eigenvalue weighted by atomic mass is 10.2. The first kappa shape index (κ1) is 20.6. The molecule has 1 saturated heterocycles. The zero-order valence-electron chi connectivity index (χ0n) is 15.2. The third kappa shape index (κ3) is 5.41. The highest BCUT2D eigenvalue weighted by Crippen LogP contribution is 2.29. The molecule has 1 aromatic carbocycles. The van der Waals surface area contributed by atoms with Crippen LogP contribution in [0.4, 0.5) is 5.69 Å². The van der Waals surface area contributed by atoms with Gasteiger partial charge in [0.25, 0.3) is 0 Å².